The van der Waals surface area contributed by atoms with Gasteiger partial charge in [0.1, 0.15) is 5.75 Å². The number of hydrogen-bond acceptors (Lipinski definition) is 3. The molecule has 0 spiro atoms. The topological polar surface area (TPSA) is 32.7 Å². The van der Waals surface area contributed by atoms with Crippen LogP contribution in [0.1, 0.15) is 56.2 Å². The van der Waals surface area contributed by atoms with Crippen LogP contribution in [0.5, 0.6) is 5.75 Å². The lowest BCUT2D eigenvalue weighted by Crippen LogP contribution is -2.26. The molecule has 0 bridgehead atoms. The second-order valence-corrected chi connectivity index (χ2v) is 5.93. The lowest BCUT2D eigenvalue weighted by atomic mass is 9.95. The van der Waals surface area contributed by atoms with Crippen molar-refractivity contribution in [2.75, 3.05) is 26.8 Å². The van der Waals surface area contributed by atoms with E-state index in [2.05, 4.69) is 36.9 Å². The molecule has 1 N–H and O–H groups in total. The number of rotatable bonds is 6. The zero-order chi connectivity index (χ0) is 14.5. The number of methoxy groups -OCH3 is 1. The molecule has 1 unspecified atom stereocenters. The van der Waals surface area contributed by atoms with Gasteiger partial charge in [-0.1, -0.05) is 26.0 Å². The molecule has 0 saturated carbocycles. The first-order valence-electron chi connectivity index (χ1n) is 7.70. The van der Waals surface area contributed by atoms with Crippen molar-refractivity contribution >= 4 is 0 Å². The van der Waals surface area contributed by atoms with Gasteiger partial charge in [0.05, 0.1) is 7.11 Å². The highest BCUT2D eigenvalue weighted by Crippen LogP contribution is 2.33. The molecule has 1 saturated heterocycles. The average molecular weight is 277 g/mol. The quantitative estimate of drug-likeness (QED) is 0.865. The summed E-state index contributed by atoms with van der Waals surface area (Å²) in [6.07, 6.45) is 3.36. The Labute approximate surface area is 122 Å². The normalized spacial score (nSPS) is 17.6. The minimum atomic E-state index is 0.240. The summed E-state index contributed by atoms with van der Waals surface area (Å²) in [7, 11) is 1.73. The third kappa shape index (κ3) is 3.33. The number of hydrogen-bond donors (Lipinski definition) is 1. The van der Waals surface area contributed by atoms with Crippen molar-refractivity contribution < 1.29 is 9.84 Å². The van der Waals surface area contributed by atoms with Gasteiger partial charge in [-0.05, 0) is 55.5 Å². The maximum atomic E-state index is 9.39. The molecule has 112 valence electrons. The van der Waals surface area contributed by atoms with Gasteiger partial charge in [0, 0.05) is 12.6 Å². The molecule has 0 aromatic heterocycles. The zero-order valence-electron chi connectivity index (χ0n) is 12.9. The highest BCUT2D eigenvalue weighted by atomic mass is 16.5. The maximum absolute atomic E-state index is 9.39. The molecule has 1 fully saturated rings. The summed E-state index contributed by atoms with van der Waals surface area (Å²) in [4.78, 5) is 2.50. The van der Waals surface area contributed by atoms with Gasteiger partial charge in [0.2, 0.25) is 0 Å². The summed E-state index contributed by atoms with van der Waals surface area (Å²) in [5, 5.41) is 9.39. The summed E-state index contributed by atoms with van der Waals surface area (Å²) in [6.45, 7) is 6.92. The lowest BCUT2D eigenvalue weighted by Gasteiger charge is -2.28. The highest BCUT2D eigenvalue weighted by molar-refractivity contribution is 5.40. The van der Waals surface area contributed by atoms with E-state index in [9.17, 15) is 5.11 Å². The first-order chi connectivity index (χ1) is 9.67. The van der Waals surface area contributed by atoms with E-state index in [0.29, 0.717) is 12.0 Å². The van der Waals surface area contributed by atoms with Crippen molar-refractivity contribution in [2.24, 2.45) is 0 Å². The number of aliphatic hydroxyl groups is 1. The smallest absolute Gasteiger partial charge is 0.122 e. The van der Waals surface area contributed by atoms with Gasteiger partial charge in [-0.25, -0.2) is 0 Å². The molecule has 0 aliphatic carbocycles. The van der Waals surface area contributed by atoms with Gasteiger partial charge < -0.3 is 9.84 Å². The Balaban J connectivity index is 2.30. The first-order valence-corrected chi connectivity index (χ1v) is 7.70. The van der Waals surface area contributed by atoms with Crippen molar-refractivity contribution in [3.8, 4) is 5.75 Å². The fourth-order valence-corrected chi connectivity index (χ4v) is 3.15. The average Bonchev–Trinajstić information content (AvgIpc) is 2.98. The highest BCUT2D eigenvalue weighted by Gasteiger charge is 2.24. The van der Waals surface area contributed by atoms with Crippen molar-refractivity contribution in [3.63, 3.8) is 0 Å². The van der Waals surface area contributed by atoms with Crippen molar-refractivity contribution in [1.82, 2.24) is 4.90 Å². The van der Waals surface area contributed by atoms with Crippen LogP contribution in [-0.2, 0) is 0 Å². The molecule has 20 heavy (non-hydrogen) atoms. The fourth-order valence-electron chi connectivity index (χ4n) is 3.15. The van der Waals surface area contributed by atoms with E-state index in [0.717, 1.165) is 25.3 Å². The molecular formula is C17H27NO2. The molecule has 1 heterocycles. The van der Waals surface area contributed by atoms with Gasteiger partial charge in [0.25, 0.3) is 0 Å². The van der Waals surface area contributed by atoms with Gasteiger partial charge in [0.15, 0.2) is 0 Å². The summed E-state index contributed by atoms with van der Waals surface area (Å²) in [5.41, 5.74) is 2.57. The van der Waals surface area contributed by atoms with Crippen molar-refractivity contribution in [2.45, 2.75) is 45.1 Å². The Morgan fingerprint density at radius 3 is 2.50 bits per heavy atom. The number of likely N-dealkylation sites (tertiary alicyclic amines) is 1. The predicted molar refractivity (Wildman–Crippen MR) is 82.3 cm³/mol. The Kier molecular flexibility index (Phi) is 5.44. The van der Waals surface area contributed by atoms with E-state index in [-0.39, 0.29) is 6.61 Å². The summed E-state index contributed by atoms with van der Waals surface area (Å²) in [5.74, 6) is 1.41. The molecule has 2 rings (SSSR count). The molecule has 1 aromatic rings. The Bertz CT molecular complexity index is 425. The molecule has 3 heteroatoms. The van der Waals surface area contributed by atoms with Gasteiger partial charge in [-0.2, -0.15) is 0 Å². The molecule has 0 amide bonds. The molecule has 1 atom stereocenters. The van der Waals surface area contributed by atoms with Crippen LogP contribution in [0.25, 0.3) is 0 Å². The SMILES string of the molecule is COc1ccc(C(CCO)N2CCCC2)cc1C(C)C. The van der Waals surface area contributed by atoms with E-state index < -0.39 is 0 Å². The van der Waals surface area contributed by atoms with Crippen LogP contribution in [0.2, 0.25) is 0 Å². The van der Waals surface area contributed by atoms with Crippen LogP contribution in [-0.4, -0.2) is 36.8 Å². The van der Waals surface area contributed by atoms with Crippen molar-refractivity contribution in [1.29, 1.82) is 0 Å². The van der Waals surface area contributed by atoms with Crippen LogP contribution < -0.4 is 4.74 Å². The molecular weight excluding hydrogens is 250 g/mol. The minimum absolute atomic E-state index is 0.240. The van der Waals surface area contributed by atoms with Crippen molar-refractivity contribution in [3.05, 3.63) is 29.3 Å². The van der Waals surface area contributed by atoms with Gasteiger partial charge in [-0.3, -0.25) is 4.90 Å². The lowest BCUT2D eigenvalue weighted by molar-refractivity contribution is 0.185. The number of nitrogens with zero attached hydrogens (tertiary/aromatic N) is 1. The van der Waals surface area contributed by atoms with E-state index >= 15 is 0 Å². The van der Waals surface area contributed by atoms with Gasteiger partial charge in [-0.15, -0.1) is 0 Å². The Hall–Kier alpha value is -1.06. The summed E-state index contributed by atoms with van der Waals surface area (Å²) >= 11 is 0. The largest absolute Gasteiger partial charge is 0.496 e. The second-order valence-electron chi connectivity index (χ2n) is 5.93. The first kappa shape index (κ1) is 15.3. The minimum Gasteiger partial charge on any atom is -0.496 e. The Morgan fingerprint density at radius 1 is 1.25 bits per heavy atom. The van der Waals surface area contributed by atoms with Crippen LogP contribution in [0, 0.1) is 0 Å². The summed E-state index contributed by atoms with van der Waals surface area (Å²) in [6, 6.07) is 6.84. The fraction of sp³-hybridized carbons (Fsp3) is 0.647. The van der Waals surface area contributed by atoms with E-state index in [1.165, 1.54) is 24.0 Å². The third-order valence-electron chi connectivity index (χ3n) is 4.24. The van der Waals surface area contributed by atoms with Crippen LogP contribution in [0.3, 0.4) is 0 Å². The molecule has 0 radical (unpaired) electrons. The van der Waals surface area contributed by atoms with E-state index in [1.807, 2.05) is 0 Å². The summed E-state index contributed by atoms with van der Waals surface area (Å²) < 4.78 is 5.46. The number of ether oxygens (including phenoxy) is 1. The van der Waals surface area contributed by atoms with E-state index in [4.69, 9.17) is 4.74 Å². The van der Waals surface area contributed by atoms with Crippen LogP contribution in [0.4, 0.5) is 0 Å². The monoisotopic (exact) mass is 277 g/mol. The number of aliphatic hydroxyl groups excluding tert-OH is 1. The second kappa shape index (κ2) is 7.09. The van der Waals surface area contributed by atoms with Crippen LogP contribution >= 0.6 is 0 Å². The number of benzene rings is 1. The van der Waals surface area contributed by atoms with Gasteiger partial charge >= 0.3 is 0 Å². The molecule has 3 nitrogen and oxygen atoms in total. The van der Waals surface area contributed by atoms with E-state index in [1.54, 1.807) is 7.11 Å². The zero-order valence-corrected chi connectivity index (χ0v) is 12.9. The molecule has 1 aliphatic rings. The standard InChI is InChI=1S/C17H27NO2/c1-13(2)15-12-14(6-7-17(15)20-3)16(8-11-19)18-9-4-5-10-18/h6-7,12-13,16,19H,4-5,8-11H2,1-3H3. The van der Waals surface area contributed by atoms with Crippen LogP contribution in [0.15, 0.2) is 18.2 Å². The predicted octanol–water partition coefficient (Wildman–Crippen LogP) is 3.34. The molecule has 1 aromatic carbocycles. The maximum Gasteiger partial charge on any atom is 0.122 e. The third-order valence-corrected chi connectivity index (χ3v) is 4.24. The molecule has 1 aliphatic heterocycles. The Morgan fingerprint density at radius 2 is 1.95 bits per heavy atom.